The fraction of sp³-hybridized carbons (Fsp3) is 0.219. The number of nitrogens with zero attached hydrogens (tertiary/aromatic N) is 7. The molecule has 0 aliphatic carbocycles. The van der Waals surface area contributed by atoms with Gasteiger partial charge in [0.15, 0.2) is 51.9 Å². The number of nitrogens with one attached hydrogen (secondary N) is 4. The molecular weight excluding hydrogens is 2010 g/mol. The Bertz CT molecular complexity index is 6660. The van der Waals surface area contributed by atoms with Crippen molar-refractivity contribution in [2.45, 2.75) is 97.4 Å². The lowest BCUT2D eigenvalue weighted by Gasteiger charge is -2.20. The fourth-order valence-corrected chi connectivity index (χ4v) is 12.2. The third-order valence-electron chi connectivity index (χ3n) is 18.9. The Morgan fingerprint density at radius 2 is 0.660 bits per heavy atom. The van der Waals surface area contributed by atoms with E-state index in [1.807, 2.05) is 20.8 Å². The number of aromatic nitrogens is 6. The maximum absolute atomic E-state index is 15.1. The molecule has 6 aromatic carbocycles. The molecule has 0 radical (unpaired) electrons. The number of alkyl halides is 19. The highest BCUT2D eigenvalue weighted by molar-refractivity contribution is 6.10. The van der Waals surface area contributed by atoms with Crippen LogP contribution in [0.25, 0.3) is 5.70 Å². The number of anilines is 4. The van der Waals surface area contributed by atoms with Crippen LogP contribution in [0.5, 0.6) is 92.0 Å². The summed E-state index contributed by atoms with van der Waals surface area (Å²) in [5, 5.41) is 9.86. The predicted octanol–water partition coefficient (Wildman–Crippen LogP) is 23.6. The summed E-state index contributed by atoms with van der Waals surface area (Å²) in [6.45, 7) is 14.5. The molecule has 147 heavy (non-hydrogen) atoms. The van der Waals surface area contributed by atoms with Gasteiger partial charge in [-0.25, -0.2) is 8.78 Å². The molecule has 12 rings (SSSR count). The molecule has 5 amide bonds. The lowest BCUT2D eigenvalue weighted by Crippen LogP contribution is -2.23. The normalized spacial score (nSPS) is 11.5. The van der Waals surface area contributed by atoms with Crippen LogP contribution >= 0.6 is 0 Å². The third-order valence-corrected chi connectivity index (χ3v) is 18.9. The van der Waals surface area contributed by atoms with E-state index >= 15 is 4.39 Å². The first kappa shape index (κ1) is 113. The molecule has 6 heterocycles. The third kappa shape index (κ3) is 32.6. The number of rotatable bonds is 29. The van der Waals surface area contributed by atoms with Gasteiger partial charge < -0.3 is 88.7 Å². The monoisotopic (exact) mass is 2080 g/mol. The summed E-state index contributed by atoms with van der Waals surface area (Å²) < 4.78 is 319. The number of carbonyl (C=O) groups excluding carboxylic acids is 7. The zero-order chi connectivity index (χ0) is 109. The number of ether oxygens (including phenoxy) is 12. The number of hydrogen-bond donors (Lipinski definition) is 5. The van der Waals surface area contributed by atoms with Crippen LogP contribution in [0.4, 0.5) is 111 Å². The van der Waals surface area contributed by atoms with Gasteiger partial charge in [0.05, 0.1) is 56.7 Å². The first-order valence-corrected chi connectivity index (χ1v) is 41.5. The van der Waals surface area contributed by atoms with E-state index < -0.39 is 141 Å². The summed E-state index contributed by atoms with van der Waals surface area (Å²) in [4.78, 5) is 113. The number of halogens is 20. The molecule has 0 fully saturated rings. The van der Waals surface area contributed by atoms with E-state index in [4.69, 9.17) is 43.6 Å². The summed E-state index contributed by atoms with van der Waals surface area (Å²) in [5.74, 6) is -12.3. The van der Waals surface area contributed by atoms with Crippen molar-refractivity contribution < 1.29 is 178 Å². The standard InChI is InChI=1S/C25H25F3N4O4.C24H18F7N3O5.C24H21F4N3O5.C23H16F6N2O5/c1-14(29)18-10-15(8-9-30-18)32-23(33)17-13-31-22(24(2,3)4)12-20(17)35-19-7-6-16(11-21(19)34-5)36-25(26,27)28;1-34(2)22(36)15-10-12(8-9-32-15)33-21(35)19-17(7-5-14(20(19)25)23(26,27)28)38-16-6-4-13(11-18(16)37-3)39-24(29,30)31;1-13(32)17-9-14(7-8-29-17)31-22(33)16-12-30-21(23(2,3)25)11-19(16)35-18-6-5-15(10-20(18)34-4)36-24(26,27)28;1-12(32)17-11-13(9-10-30-17)31-21(33)19-18(8-7-16(20(19)34-2)22(24,25)26)35-14-3-5-15(6-4-14)36-23(27,28)29/h6-13H,1,29H2,2-5H3,(H,30,32,33);4-11H,1-3H3,(H,32,33,35);5-12H,1-4H3,(H,29,31,33);3-11H,1-2H3,(H,30,31,33). The molecule has 6 aromatic heterocycles. The molecule has 0 spiro atoms. The van der Waals surface area contributed by atoms with E-state index in [0.717, 1.165) is 112 Å². The van der Waals surface area contributed by atoms with Crippen molar-refractivity contribution in [3.63, 3.8) is 0 Å². The number of hydrogen-bond acceptors (Lipinski definition) is 26. The molecule has 0 bridgehead atoms. The van der Waals surface area contributed by atoms with Crippen LogP contribution in [-0.4, -0.2) is 144 Å². The van der Waals surface area contributed by atoms with Crippen LogP contribution in [0, 0.1) is 5.82 Å². The average molecular weight is 2090 g/mol. The van der Waals surface area contributed by atoms with Crippen molar-refractivity contribution in [3.8, 4) is 92.0 Å². The molecule has 0 saturated heterocycles. The maximum Gasteiger partial charge on any atom is 0.573 e. The minimum absolute atomic E-state index is 0.00134. The number of Topliss-reactive ketones (excluding diaryl/α,β-unsaturated/α-hetero) is 2. The Morgan fingerprint density at radius 1 is 0.340 bits per heavy atom. The number of methoxy groups -OCH3 is 4. The van der Waals surface area contributed by atoms with Crippen molar-refractivity contribution in [3.05, 3.63) is 281 Å². The first-order valence-electron chi connectivity index (χ1n) is 41.5. The molecule has 0 saturated carbocycles. The minimum atomic E-state index is -5.19. The Hall–Kier alpha value is -17.4. The molecule has 778 valence electrons. The Balaban J connectivity index is 0.000000218. The molecule has 0 aliphatic rings. The van der Waals surface area contributed by atoms with Crippen LogP contribution in [-0.2, 0) is 23.4 Å². The van der Waals surface area contributed by atoms with Gasteiger partial charge >= 0.3 is 37.8 Å². The largest absolute Gasteiger partial charge is 0.573 e. The molecule has 51 heteroatoms. The zero-order valence-corrected chi connectivity index (χ0v) is 78.3. The lowest BCUT2D eigenvalue weighted by molar-refractivity contribution is -0.275. The van der Waals surface area contributed by atoms with Gasteiger partial charge in [-0.2, -0.15) is 26.3 Å². The van der Waals surface area contributed by atoms with Gasteiger partial charge in [-0.3, -0.25) is 63.5 Å². The Labute approximate surface area is 819 Å². The van der Waals surface area contributed by atoms with E-state index in [1.165, 1.54) is 128 Å². The average Bonchev–Trinajstić information content (AvgIpc) is 0.775. The van der Waals surface area contributed by atoms with Crippen molar-refractivity contribution in [1.82, 2.24) is 34.8 Å². The van der Waals surface area contributed by atoms with Gasteiger partial charge in [0.2, 0.25) is 0 Å². The summed E-state index contributed by atoms with van der Waals surface area (Å²) >= 11 is 0. The second-order valence-corrected chi connectivity index (χ2v) is 31.6. The van der Waals surface area contributed by atoms with Crippen molar-refractivity contribution in [1.29, 1.82) is 0 Å². The molecular formula is C96H80F20N12O19. The maximum atomic E-state index is 15.1. The summed E-state index contributed by atoms with van der Waals surface area (Å²) in [6, 6.07) is 29.0. The first-order chi connectivity index (χ1) is 68.4. The minimum Gasteiger partial charge on any atom is -0.495 e. The topological polar surface area (TPSA) is 385 Å². The van der Waals surface area contributed by atoms with E-state index in [2.05, 4.69) is 76.7 Å². The van der Waals surface area contributed by atoms with Crippen LogP contribution < -0.4 is 83.8 Å². The predicted molar refractivity (Wildman–Crippen MR) is 483 cm³/mol. The second-order valence-electron chi connectivity index (χ2n) is 31.6. The SMILES string of the molecule is C=C(N)c1cc(NC(=O)c2cnc(C(C)(C)C)cc2Oc2ccc(OC(F)(F)F)cc2OC)ccn1.COc1c(C(F)(F)F)ccc(Oc2ccc(OC(F)(F)F)cc2)c1C(=O)Nc1ccnc(C(C)=O)c1.COc1cc(OC(F)(F)F)ccc1Oc1cc(C(C)(C)F)ncc1C(=O)Nc1ccnc(C(C)=O)c1.COc1cc(OC(F)(F)F)ccc1Oc1ccc(C(F)(F)F)c(F)c1C(=O)Nc1ccnc(C(=O)N(C)C)c1. The van der Waals surface area contributed by atoms with Gasteiger partial charge in [0.25, 0.3) is 29.5 Å². The van der Waals surface area contributed by atoms with Gasteiger partial charge in [-0.1, -0.05) is 27.4 Å². The quantitative estimate of drug-likeness (QED) is 0.0215. The number of ketones is 2. The van der Waals surface area contributed by atoms with Gasteiger partial charge in [0.1, 0.15) is 102 Å². The number of nitrogens with two attached hydrogens (primary N) is 1. The number of amides is 5. The molecule has 0 unspecified atom stereocenters. The van der Waals surface area contributed by atoms with E-state index in [1.54, 1.807) is 18.2 Å². The van der Waals surface area contributed by atoms with Crippen LogP contribution in [0.1, 0.15) is 150 Å². The smallest absolute Gasteiger partial charge is 0.495 e. The van der Waals surface area contributed by atoms with Gasteiger partial charge in [-0.05, 0) is 147 Å². The summed E-state index contributed by atoms with van der Waals surface area (Å²) in [7, 11) is 7.32. The fourth-order valence-electron chi connectivity index (χ4n) is 12.2. The Kier molecular flexibility index (Phi) is 36.1. The number of pyridine rings is 6. The zero-order valence-electron chi connectivity index (χ0n) is 78.3. The van der Waals surface area contributed by atoms with Crippen LogP contribution in [0.15, 0.2) is 208 Å². The summed E-state index contributed by atoms with van der Waals surface area (Å²) in [6.07, 6.45) is -22.2. The van der Waals surface area contributed by atoms with E-state index in [9.17, 15) is 117 Å². The highest BCUT2D eigenvalue weighted by Crippen LogP contribution is 2.48. The Morgan fingerprint density at radius 3 is 1.02 bits per heavy atom. The molecule has 12 aromatic rings. The molecule has 0 atom stereocenters. The van der Waals surface area contributed by atoms with Gasteiger partial charge in [-0.15, -0.1) is 52.7 Å². The van der Waals surface area contributed by atoms with Crippen molar-refractivity contribution in [2.24, 2.45) is 5.73 Å². The van der Waals surface area contributed by atoms with E-state index in [0.29, 0.717) is 35.3 Å². The number of benzene rings is 6. The van der Waals surface area contributed by atoms with Gasteiger partial charge in [0, 0.05) is 129 Å². The van der Waals surface area contributed by atoms with Crippen molar-refractivity contribution in [2.75, 3.05) is 63.8 Å². The number of carbonyl (C=O) groups is 7. The van der Waals surface area contributed by atoms with E-state index in [-0.39, 0.29) is 125 Å². The van der Waals surface area contributed by atoms with Crippen molar-refractivity contribution >= 4 is 69.5 Å². The second kappa shape index (κ2) is 46.8. The van der Waals surface area contributed by atoms with Crippen LogP contribution in [0.3, 0.4) is 0 Å². The highest BCUT2D eigenvalue weighted by atomic mass is 19.4. The lowest BCUT2D eigenvalue weighted by atomic mass is 9.91. The molecule has 6 N–H and O–H groups in total. The molecule has 31 nitrogen and oxygen atoms in total. The summed E-state index contributed by atoms with van der Waals surface area (Å²) in [5.41, 5.74) is 0.290. The molecule has 0 aliphatic heterocycles. The highest BCUT2D eigenvalue weighted by Gasteiger charge is 2.42. The van der Waals surface area contributed by atoms with Crippen LogP contribution in [0.2, 0.25) is 0 Å².